The minimum atomic E-state index is -3.83. The van der Waals surface area contributed by atoms with Gasteiger partial charge in [0.2, 0.25) is 0 Å². The third kappa shape index (κ3) is 6.22. The van der Waals surface area contributed by atoms with Crippen molar-refractivity contribution in [1.29, 1.82) is 0 Å². The van der Waals surface area contributed by atoms with Gasteiger partial charge in [-0.25, -0.2) is 13.6 Å². The molecule has 0 aliphatic heterocycles. The predicted octanol–water partition coefficient (Wildman–Crippen LogP) is 0.537. The summed E-state index contributed by atoms with van der Waals surface area (Å²) in [6, 6.07) is 6.15. The molecule has 0 saturated carbocycles. The van der Waals surface area contributed by atoms with Crippen LogP contribution < -0.4 is 15.2 Å². The molecular weight excluding hydrogens is 302 g/mol. The average Bonchev–Trinajstić information content (AvgIpc) is 2.26. The Morgan fingerprint density at radius 1 is 1.20 bits per heavy atom. The van der Waals surface area contributed by atoms with Crippen LogP contribution >= 0.6 is 0 Å². The van der Waals surface area contributed by atoms with Crippen molar-refractivity contribution in [1.82, 2.24) is 0 Å². The fraction of sp³-hybridized carbons (Fsp3) is 0.455. The molecule has 1 rings (SSSR count). The minimum Gasteiger partial charge on any atom is -0.382 e. The quantitative estimate of drug-likeness (QED) is 0.677. The Labute approximate surface area is 119 Å². The number of nitrogens with one attached hydrogen (secondary N) is 2. The van der Waals surface area contributed by atoms with Crippen LogP contribution in [-0.4, -0.2) is 34.4 Å². The van der Waals surface area contributed by atoms with Crippen LogP contribution in [0.3, 0.4) is 0 Å². The van der Waals surface area contributed by atoms with Crippen molar-refractivity contribution < 1.29 is 16.8 Å². The van der Waals surface area contributed by atoms with Crippen LogP contribution in [0.5, 0.6) is 0 Å². The van der Waals surface area contributed by atoms with Gasteiger partial charge in [0, 0.05) is 17.5 Å². The van der Waals surface area contributed by atoms with E-state index in [9.17, 15) is 16.8 Å². The second-order valence-corrected chi connectivity index (χ2v) is 8.16. The van der Waals surface area contributed by atoms with Crippen molar-refractivity contribution in [3.63, 3.8) is 0 Å². The highest BCUT2D eigenvalue weighted by Crippen LogP contribution is 2.16. The van der Waals surface area contributed by atoms with Crippen molar-refractivity contribution in [2.45, 2.75) is 19.9 Å². The lowest BCUT2D eigenvalue weighted by molar-refractivity contribution is 0.593. The van der Waals surface area contributed by atoms with Crippen molar-refractivity contribution in [3.8, 4) is 0 Å². The van der Waals surface area contributed by atoms with Gasteiger partial charge < -0.3 is 5.32 Å². The summed E-state index contributed by atoms with van der Waals surface area (Å²) < 4.78 is 47.0. The third-order valence-electron chi connectivity index (χ3n) is 2.48. The molecule has 0 spiro atoms. The molecule has 1 aromatic rings. The lowest BCUT2D eigenvalue weighted by Gasteiger charge is -2.15. The van der Waals surface area contributed by atoms with Gasteiger partial charge in [0.1, 0.15) is 0 Å². The maximum atomic E-state index is 11.5. The van der Waals surface area contributed by atoms with E-state index in [0.717, 1.165) is 0 Å². The molecular formula is C11H19N3O4S2. The number of sulfone groups is 1. The highest BCUT2D eigenvalue weighted by atomic mass is 32.2. The molecule has 0 fully saturated rings. The van der Waals surface area contributed by atoms with E-state index in [1.54, 1.807) is 38.1 Å². The maximum Gasteiger partial charge on any atom is 0.296 e. The molecule has 114 valence electrons. The Morgan fingerprint density at radius 2 is 1.80 bits per heavy atom. The van der Waals surface area contributed by atoms with Crippen LogP contribution in [0, 0.1) is 0 Å². The highest BCUT2D eigenvalue weighted by molar-refractivity contribution is 7.91. The van der Waals surface area contributed by atoms with E-state index in [2.05, 4.69) is 10.0 Å². The molecule has 0 heterocycles. The van der Waals surface area contributed by atoms with Crippen molar-refractivity contribution in [3.05, 3.63) is 24.3 Å². The van der Waals surface area contributed by atoms with E-state index >= 15 is 0 Å². The maximum absolute atomic E-state index is 11.5. The molecule has 0 amide bonds. The Hall–Kier alpha value is -1.32. The summed E-state index contributed by atoms with van der Waals surface area (Å²) in [4.78, 5) is 0. The van der Waals surface area contributed by atoms with Gasteiger partial charge in [-0.15, -0.1) is 0 Å². The number of hydrogen-bond donors (Lipinski definition) is 3. The van der Waals surface area contributed by atoms with Crippen molar-refractivity contribution >= 4 is 31.4 Å². The molecule has 0 aliphatic rings. The lowest BCUT2D eigenvalue weighted by atomic mass is 10.2. The average molecular weight is 321 g/mol. The van der Waals surface area contributed by atoms with Crippen LogP contribution in [0.25, 0.3) is 0 Å². The summed E-state index contributed by atoms with van der Waals surface area (Å²) in [5.41, 5.74) is 0.917. The zero-order valence-electron chi connectivity index (χ0n) is 11.3. The van der Waals surface area contributed by atoms with E-state index in [1.165, 1.54) is 0 Å². The van der Waals surface area contributed by atoms with Crippen LogP contribution in [0.15, 0.2) is 24.3 Å². The zero-order chi connectivity index (χ0) is 15.4. The first-order chi connectivity index (χ1) is 9.11. The molecule has 1 atom stereocenters. The van der Waals surface area contributed by atoms with Gasteiger partial charge >= 0.3 is 0 Å². The molecule has 9 heteroatoms. The first-order valence-corrected chi connectivity index (χ1v) is 9.35. The van der Waals surface area contributed by atoms with E-state index in [1.807, 2.05) is 0 Å². The Balaban J connectivity index is 2.76. The zero-order valence-corrected chi connectivity index (χ0v) is 13.0. The minimum absolute atomic E-state index is 0.0103. The molecule has 0 radical (unpaired) electrons. The van der Waals surface area contributed by atoms with Crippen LogP contribution in [0.4, 0.5) is 11.4 Å². The third-order valence-corrected chi connectivity index (χ3v) is 4.89. The van der Waals surface area contributed by atoms with E-state index < -0.39 is 20.0 Å². The fourth-order valence-electron chi connectivity index (χ4n) is 1.66. The monoisotopic (exact) mass is 321 g/mol. The van der Waals surface area contributed by atoms with Crippen molar-refractivity contribution in [2.75, 3.05) is 21.5 Å². The van der Waals surface area contributed by atoms with E-state index in [4.69, 9.17) is 5.14 Å². The summed E-state index contributed by atoms with van der Waals surface area (Å²) >= 11 is 0. The summed E-state index contributed by atoms with van der Waals surface area (Å²) in [6.07, 6.45) is 0. The SMILES string of the molecule is CCS(=O)(=O)CC(C)Nc1cccc(NS(N)(=O)=O)c1. The molecule has 0 saturated heterocycles. The smallest absolute Gasteiger partial charge is 0.296 e. The number of rotatable bonds is 7. The Morgan fingerprint density at radius 3 is 2.35 bits per heavy atom. The second kappa shape index (κ2) is 6.42. The van der Waals surface area contributed by atoms with Gasteiger partial charge in [-0.05, 0) is 25.1 Å². The molecule has 20 heavy (non-hydrogen) atoms. The Bertz CT molecular complexity index is 656. The second-order valence-electron chi connectivity index (χ2n) is 4.47. The molecule has 0 bridgehead atoms. The number of anilines is 2. The normalized spacial score (nSPS) is 13.8. The summed E-state index contributed by atoms with van der Waals surface area (Å²) in [5, 5.41) is 7.89. The van der Waals surface area contributed by atoms with E-state index in [0.29, 0.717) is 11.4 Å². The van der Waals surface area contributed by atoms with Crippen LogP contribution in [-0.2, 0) is 20.0 Å². The van der Waals surface area contributed by atoms with Crippen LogP contribution in [0.2, 0.25) is 0 Å². The Kier molecular flexibility index (Phi) is 5.37. The highest BCUT2D eigenvalue weighted by Gasteiger charge is 2.13. The van der Waals surface area contributed by atoms with Gasteiger partial charge in [-0.3, -0.25) is 4.72 Å². The van der Waals surface area contributed by atoms with Gasteiger partial charge in [0.05, 0.1) is 11.4 Å². The molecule has 0 aromatic heterocycles. The summed E-state index contributed by atoms with van der Waals surface area (Å²) in [6.45, 7) is 3.34. The standard InChI is InChI=1S/C11H19N3O4S2/c1-3-19(15,16)8-9(2)13-10-5-4-6-11(7-10)14-20(12,17)18/h4-7,9,13-14H,3,8H2,1-2H3,(H2,12,17,18). The molecule has 0 aliphatic carbocycles. The lowest BCUT2D eigenvalue weighted by Crippen LogP contribution is -2.26. The largest absolute Gasteiger partial charge is 0.382 e. The summed E-state index contributed by atoms with van der Waals surface area (Å²) in [5.74, 6) is 0.0996. The number of hydrogen-bond acceptors (Lipinski definition) is 5. The van der Waals surface area contributed by atoms with Gasteiger partial charge in [-0.1, -0.05) is 13.0 Å². The van der Waals surface area contributed by atoms with Gasteiger partial charge in [0.15, 0.2) is 9.84 Å². The van der Waals surface area contributed by atoms with Crippen LogP contribution in [0.1, 0.15) is 13.8 Å². The predicted molar refractivity (Wildman–Crippen MR) is 80.6 cm³/mol. The topological polar surface area (TPSA) is 118 Å². The van der Waals surface area contributed by atoms with E-state index in [-0.39, 0.29) is 17.5 Å². The molecule has 7 nitrogen and oxygen atoms in total. The summed E-state index contributed by atoms with van der Waals surface area (Å²) in [7, 11) is -6.90. The van der Waals surface area contributed by atoms with Gasteiger partial charge in [0.25, 0.3) is 10.2 Å². The first kappa shape index (κ1) is 16.7. The molecule has 1 unspecified atom stereocenters. The first-order valence-electron chi connectivity index (χ1n) is 5.99. The number of nitrogens with two attached hydrogens (primary N) is 1. The molecule has 4 N–H and O–H groups in total. The number of benzene rings is 1. The molecule has 1 aromatic carbocycles. The fourth-order valence-corrected chi connectivity index (χ4v) is 3.20. The van der Waals surface area contributed by atoms with Gasteiger partial charge in [-0.2, -0.15) is 8.42 Å². The van der Waals surface area contributed by atoms with Crippen molar-refractivity contribution in [2.24, 2.45) is 5.14 Å².